The standard InChI is InChI=1S/C27H33ClN4O5/c1-35-25-5-3-2-4-20(25)10-11-29-27(34)24-19-37-26(30-24)17-32-14-12-31(13-15-32)16-22(33)18-36-23-8-6-21(28)7-9-23/h2-9,19,22,33H,10-18H2,1H3,(H,29,34). The van der Waals surface area contributed by atoms with Crippen molar-refractivity contribution in [3.8, 4) is 11.5 Å². The van der Waals surface area contributed by atoms with Gasteiger partial charge >= 0.3 is 0 Å². The summed E-state index contributed by atoms with van der Waals surface area (Å²) in [4.78, 5) is 21.3. The predicted octanol–water partition coefficient (Wildman–Crippen LogP) is 2.87. The molecule has 1 atom stereocenters. The second-order valence-electron chi connectivity index (χ2n) is 8.94. The first-order chi connectivity index (χ1) is 18.0. The third-order valence-electron chi connectivity index (χ3n) is 6.21. The van der Waals surface area contributed by atoms with E-state index < -0.39 is 6.10 Å². The van der Waals surface area contributed by atoms with Gasteiger partial charge in [-0.05, 0) is 42.3 Å². The lowest BCUT2D eigenvalue weighted by atomic mass is 10.1. The van der Waals surface area contributed by atoms with Crippen LogP contribution < -0.4 is 14.8 Å². The summed E-state index contributed by atoms with van der Waals surface area (Å²) < 4.78 is 16.5. The Labute approximate surface area is 221 Å². The molecule has 0 radical (unpaired) electrons. The normalized spacial score (nSPS) is 15.3. The minimum Gasteiger partial charge on any atom is -0.496 e. The molecule has 37 heavy (non-hydrogen) atoms. The summed E-state index contributed by atoms with van der Waals surface area (Å²) >= 11 is 5.88. The number of hydrogen-bond acceptors (Lipinski definition) is 8. The molecule has 1 saturated heterocycles. The lowest BCUT2D eigenvalue weighted by molar-refractivity contribution is 0.0430. The van der Waals surface area contributed by atoms with Crippen molar-refractivity contribution in [1.82, 2.24) is 20.1 Å². The van der Waals surface area contributed by atoms with Crippen LogP contribution in [0.1, 0.15) is 21.9 Å². The van der Waals surface area contributed by atoms with Gasteiger partial charge in [0.15, 0.2) is 5.69 Å². The van der Waals surface area contributed by atoms with Crippen molar-refractivity contribution < 1.29 is 23.8 Å². The molecule has 1 fully saturated rings. The Bertz CT molecular complexity index is 1130. The molecule has 2 heterocycles. The van der Waals surface area contributed by atoms with Crippen LogP contribution in [-0.4, -0.2) is 84.9 Å². The van der Waals surface area contributed by atoms with E-state index in [1.807, 2.05) is 24.3 Å². The Balaban J connectivity index is 1.14. The van der Waals surface area contributed by atoms with Gasteiger partial charge in [0.25, 0.3) is 5.91 Å². The first kappa shape index (κ1) is 26.9. The Morgan fingerprint density at radius 2 is 1.86 bits per heavy atom. The fourth-order valence-electron chi connectivity index (χ4n) is 4.19. The summed E-state index contributed by atoms with van der Waals surface area (Å²) in [5, 5.41) is 13.9. The molecule has 4 rings (SSSR count). The van der Waals surface area contributed by atoms with Crippen molar-refractivity contribution >= 4 is 17.5 Å². The highest BCUT2D eigenvalue weighted by molar-refractivity contribution is 6.30. The summed E-state index contributed by atoms with van der Waals surface area (Å²) in [6.45, 7) is 5.02. The number of carbonyl (C=O) groups is 1. The van der Waals surface area contributed by atoms with Crippen molar-refractivity contribution in [2.45, 2.75) is 19.1 Å². The van der Waals surface area contributed by atoms with Crippen LogP contribution in [0.3, 0.4) is 0 Å². The van der Waals surface area contributed by atoms with Gasteiger partial charge in [-0.2, -0.15) is 0 Å². The van der Waals surface area contributed by atoms with Gasteiger partial charge in [-0.1, -0.05) is 29.8 Å². The molecule has 1 aliphatic rings. The number of nitrogens with zero attached hydrogens (tertiary/aromatic N) is 3. The van der Waals surface area contributed by atoms with Gasteiger partial charge in [0.1, 0.15) is 30.5 Å². The third-order valence-corrected chi connectivity index (χ3v) is 6.46. The molecule has 0 spiro atoms. The number of amides is 1. The van der Waals surface area contributed by atoms with Gasteiger partial charge in [-0.3, -0.25) is 14.6 Å². The molecule has 0 bridgehead atoms. The number of piperazine rings is 1. The number of hydrogen-bond donors (Lipinski definition) is 2. The van der Waals surface area contributed by atoms with Crippen molar-refractivity contribution in [2.75, 3.05) is 53.0 Å². The van der Waals surface area contributed by atoms with Crippen LogP contribution in [0.15, 0.2) is 59.2 Å². The van der Waals surface area contributed by atoms with Crippen LogP contribution in [-0.2, 0) is 13.0 Å². The minimum absolute atomic E-state index is 0.224. The summed E-state index contributed by atoms with van der Waals surface area (Å²) in [5.41, 5.74) is 1.31. The average molecular weight is 529 g/mol. The SMILES string of the molecule is COc1ccccc1CCNC(=O)c1coc(CN2CCN(CC(O)COc3ccc(Cl)cc3)CC2)n1. The zero-order chi connectivity index (χ0) is 26.0. The van der Waals surface area contributed by atoms with Crippen LogP contribution >= 0.6 is 11.6 Å². The monoisotopic (exact) mass is 528 g/mol. The highest BCUT2D eigenvalue weighted by Crippen LogP contribution is 2.18. The topological polar surface area (TPSA) is 100 Å². The van der Waals surface area contributed by atoms with Gasteiger partial charge in [-0.25, -0.2) is 4.98 Å². The molecule has 1 aliphatic heterocycles. The molecule has 1 unspecified atom stereocenters. The van der Waals surface area contributed by atoms with Gasteiger partial charge < -0.3 is 24.3 Å². The smallest absolute Gasteiger partial charge is 0.273 e. The quantitative estimate of drug-likeness (QED) is 0.370. The van der Waals surface area contributed by atoms with Gasteiger partial charge in [0, 0.05) is 44.3 Å². The number of rotatable bonds is 12. The second kappa shape index (κ2) is 13.4. The summed E-state index contributed by atoms with van der Waals surface area (Å²) in [5.74, 6) is 1.74. The molecule has 0 aliphatic carbocycles. The number of aliphatic hydroxyl groups is 1. The number of aliphatic hydroxyl groups excluding tert-OH is 1. The molecule has 10 heteroatoms. The number of halogens is 1. The van der Waals surface area contributed by atoms with Crippen LogP contribution in [0.25, 0.3) is 0 Å². The van der Waals surface area contributed by atoms with E-state index in [0.29, 0.717) is 42.7 Å². The van der Waals surface area contributed by atoms with Crippen LogP contribution in [0.4, 0.5) is 0 Å². The van der Waals surface area contributed by atoms with E-state index in [0.717, 1.165) is 37.5 Å². The lowest BCUT2D eigenvalue weighted by Crippen LogP contribution is -2.48. The Morgan fingerprint density at radius 1 is 1.14 bits per heavy atom. The van der Waals surface area contributed by atoms with E-state index in [2.05, 4.69) is 20.1 Å². The van der Waals surface area contributed by atoms with Crippen LogP contribution in [0.2, 0.25) is 5.02 Å². The first-order valence-corrected chi connectivity index (χ1v) is 12.7. The maximum absolute atomic E-state index is 12.5. The maximum Gasteiger partial charge on any atom is 0.273 e. The fourth-order valence-corrected chi connectivity index (χ4v) is 4.32. The number of aromatic nitrogens is 1. The third kappa shape index (κ3) is 8.19. The fraction of sp³-hybridized carbons (Fsp3) is 0.407. The molecule has 198 valence electrons. The van der Waals surface area contributed by atoms with Gasteiger partial charge in [-0.15, -0.1) is 0 Å². The largest absolute Gasteiger partial charge is 0.496 e. The number of ether oxygens (including phenoxy) is 2. The van der Waals surface area contributed by atoms with E-state index in [4.69, 9.17) is 25.5 Å². The van der Waals surface area contributed by atoms with Gasteiger partial charge in [0.05, 0.1) is 13.7 Å². The van der Waals surface area contributed by atoms with Crippen LogP contribution in [0, 0.1) is 0 Å². The van der Waals surface area contributed by atoms with Crippen molar-refractivity contribution in [1.29, 1.82) is 0 Å². The number of benzene rings is 2. The second-order valence-corrected chi connectivity index (χ2v) is 9.38. The van der Waals surface area contributed by atoms with Crippen molar-refractivity contribution in [2.24, 2.45) is 0 Å². The van der Waals surface area contributed by atoms with E-state index >= 15 is 0 Å². The zero-order valence-corrected chi connectivity index (χ0v) is 21.7. The molecular formula is C27H33ClN4O5. The summed E-state index contributed by atoms with van der Waals surface area (Å²) in [6.07, 6.45) is 1.48. The van der Waals surface area contributed by atoms with E-state index in [9.17, 15) is 9.90 Å². The molecule has 3 aromatic rings. The summed E-state index contributed by atoms with van der Waals surface area (Å²) in [6, 6.07) is 14.8. The number of nitrogens with one attached hydrogen (secondary N) is 1. The Hall–Kier alpha value is -3.11. The Kier molecular flexibility index (Phi) is 9.78. The highest BCUT2D eigenvalue weighted by Gasteiger charge is 2.21. The van der Waals surface area contributed by atoms with Crippen molar-refractivity contribution in [3.63, 3.8) is 0 Å². The molecule has 9 nitrogen and oxygen atoms in total. The highest BCUT2D eigenvalue weighted by atomic mass is 35.5. The summed E-state index contributed by atoms with van der Waals surface area (Å²) in [7, 11) is 1.64. The molecule has 1 amide bonds. The number of oxazole rings is 1. The first-order valence-electron chi connectivity index (χ1n) is 12.4. The molecular weight excluding hydrogens is 496 g/mol. The molecule has 1 aromatic heterocycles. The zero-order valence-electron chi connectivity index (χ0n) is 20.9. The van der Waals surface area contributed by atoms with E-state index in [1.165, 1.54) is 6.26 Å². The number of para-hydroxylation sites is 1. The minimum atomic E-state index is -0.585. The van der Waals surface area contributed by atoms with Gasteiger partial charge in [0.2, 0.25) is 5.89 Å². The average Bonchev–Trinajstić information content (AvgIpc) is 3.38. The van der Waals surface area contributed by atoms with Crippen molar-refractivity contribution in [3.05, 3.63) is 77.0 Å². The predicted molar refractivity (Wildman–Crippen MR) is 140 cm³/mol. The maximum atomic E-state index is 12.5. The Morgan fingerprint density at radius 3 is 2.62 bits per heavy atom. The number of methoxy groups -OCH3 is 1. The van der Waals surface area contributed by atoms with Crippen LogP contribution in [0.5, 0.6) is 11.5 Å². The molecule has 0 saturated carbocycles. The van der Waals surface area contributed by atoms with E-state index in [1.54, 1.807) is 31.4 Å². The molecule has 2 aromatic carbocycles. The molecule has 2 N–H and O–H groups in total. The lowest BCUT2D eigenvalue weighted by Gasteiger charge is -2.34. The number of β-amino-alcohol motifs (C(OH)–C–C–N with tert-alkyl or cyclic N) is 1. The number of carbonyl (C=O) groups excluding carboxylic acids is 1. The van der Waals surface area contributed by atoms with E-state index in [-0.39, 0.29) is 18.2 Å².